The van der Waals surface area contributed by atoms with E-state index in [2.05, 4.69) is 0 Å². The minimum absolute atomic E-state index is 0.0323. The molecule has 2 rings (SSSR count). The topological polar surface area (TPSA) is 66.6 Å². The molecule has 0 atom stereocenters. The highest BCUT2D eigenvalue weighted by Gasteiger charge is 2.33. The van der Waals surface area contributed by atoms with Gasteiger partial charge in [0, 0.05) is 36.4 Å². The van der Waals surface area contributed by atoms with Crippen LogP contribution in [0.25, 0.3) is 0 Å². The van der Waals surface area contributed by atoms with Crippen molar-refractivity contribution in [3.05, 3.63) is 28.8 Å². The first kappa shape index (κ1) is 14.7. The molecule has 20 heavy (non-hydrogen) atoms. The molecular formula is C14H18ClN3O2. The van der Waals surface area contributed by atoms with Crippen LogP contribution < -0.4 is 5.73 Å². The maximum absolute atomic E-state index is 12.1. The second-order valence-corrected chi connectivity index (χ2v) is 5.60. The molecule has 1 aromatic rings. The van der Waals surface area contributed by atoms with Crippen molar-refractivity contribution in [1.29, 1.82) is 0 Å². The smallest absolute Gasteiger partial charge is 0.312 e. The van der Waals surface area contributed by atoms with Crippen LogP contribution in [-0.4, -0.2) is 40.7 Å². The number of piperazine rings is 1. The maximum Gasteiger partial charge on any atom is 0.312 e. The number of hydrogen-bond donors (Lipinski definition) is 1. The van der Waals surface area contributed by atoms with E-state index in [0.29, 0.717) is 30.3 Å². The highest BCUT2D eigenvalue weighted by molar-refractivity contribution is 6.35. The predicted molar refractivity (Wildman–Crippen MR) is 78.1 cm³/mol. The molecule has 0 saturated carbocycles. The summed E-state index contributed by atoms with van der Waals surface area (Å²) in [6.45, 7) is 5.16. The maximum atomic E-state index is 12.1. The van der Waals surface area contributed by atoms with Crippen LogP contribution in [0.3, 0.4) is 0 Å². The lowest BCUT2D eigenvalue weighted by atomic mass is 10.1. The van der Waals surface area contributed by atoms with Gasteiger partial charge in [-0.25, -0.2) is 0 Å². The fourth-order valence-electron chi connectivity index (χ4n) is 2.25. The summed E-state index contributed by atoms with van der Waals surface area (Å²) in [5.74, 6) is -0.934. The van der Waals surface area contributed by atoms with Crippen LogP contribution in [0.15, 0.2) is 18.2 Å². The quantitative estimate of drug-likeness (QED) is 0.679. The third kappa shape index (κ3) is 2.88. The van der Waals surface area contributed by atoms with E-state index in [1.807, 2.05) is 13.8 Å². The number of carbonyl (C=O) groups is 2. The van der Waals surface area contributed by atoms with Crippen molar-refractivity contribution < 1.29 is 9.59 Å². The number of anilines is 1. The molecule has 0 aliphatic carbocycles. The molecule has 108 valence electrons. The fraction of sp³-hybridized carbons (Fsp3) is 0.429. The zero-order valence-electron chi connectivity index (χ0n) is 11.6. The molecule has 1 saturated heterocycles. The fourth-order valence-corrected chi connectivity index (χ4v) is 2.44. The third-order valence-corrected chi connectivity index (χ3v) is 3.67. The minimum Gasteiger partial charge on any atom is -0.398 e. The number of nitrogens with zero attached hydrogens (tertiary/aromatic N) is 2. The van der Waals surface area contributed by atoms with Gasteiger partial charge in [0.2, 0.25) is 0 Å². The normalized spacial score (nSPS) is 16.2. The SMILES string of the molecule is CC(C)N1CCN(Cc2cc(Cl)ccc2N)C(=O)C1=O. The molecule has 1 aliphatic rings. The van der Waals surface area contributed by atoms with Gasteiger partial charge in [-0.3, -0.25) is 9.59 Å². The van der Waals surface area contributed by atoms with Crippen LogP contribution in [-0.2, 0) is 16.1 Å². The van der Waals surface area contributed by atoms with E-state index < -0.39 is 11.8 Å². The van der Waals surface area contributed by atoms with E-state index >= 15 is 0 Å². The Bertz CT molecular complexity index is 545. The second kappa shape index (κ2) is 5.71. The van der Waals surface area contributed by atoms with Crippen LogP contribution in [0.5, 0.6) is 0 Å². The van der Waals surface area contributed by atoms with Crippen molar-refractivity contribution in [1.82, 2.24) is 9.80 Å². The number of hydrogen-bond acceptors (Lipinski definition) is 3. The van der Waals surface area contributed by atoms with E-state index in [4.69, 9.17) is 17.3 Å². The molecule has 0 bridgehead atoms. The standard InChI is InChI=1S/C14H18ClN3O2/c1-9(2)18-6-5-17(13(19)14(18)20)8-10-7-11(15)3-4-12(10)16/h3-4,7,9H,5-6,8,16H2,1-2H3. The zero-order valence-corrected chi connectivity index (χ0v) is 12.4. The predicted octanol–water partition coefficient (Wildman–Crippen LogP) is 1.50. The average molecular weight is 296 g/mol. The Morgan fingerprint density at radius 2 is 1.95 bits per heavy atom. The van der Waals surface area contributed by atoms with E-state index in [0.717, 1.165) is 5.56 Å². The van der Waals surface area contributed by atoms with Gasteiger partial charge in [0.15, 0.2) is 0 Å². The number of halogens is 1. The van der Waals surface area contributed by atoms with E-state index in [1.165, 1.54) is 4.90 Å². The number of benzene rings is 1. The van der Waals surface area contributed by atoms with Gasteiger partial charge in [-0.1, -0.05) is 11.6 Å². The van der Waals surface area contributed by atoms with Crippen molar-refractivity contribution in [2.75, 3.05) is 18.8 Å². The Labute approximate surface area is 123 Å². The van der Waals surface area contributed by atoms with Gasteiger partial charge in [0.25, 0.3) is 0 Å². The van der Waals surface area contributed by atoms with Crippen molar-refractivity contribution in [2.45, 2.75) is 26.4 Å². The van der Waals surface area contributed by atoms with Crippen molar-refractivity contribution in [2.24, 2.45) is 0 Å². The Morgan fingerprint density at radius 1 is 1.25 bits per heavy atom. The van der Waals surface area contributed by atoms with Gasteiger partial charge < -0.3 is 15.5 Å². The van der Waals surface area contributed by atoms with Gasteiger partial charge in [-0.2, -0.15) is 0 Å². The number of carbonyl (C=O) groups excluding carboxylic acids is 2. The first-order chi connectivity index (χ1) is 9.40. The molecular weight excluding hydrogens is 278 g/mol. The first-order valence-electron chi connectivity index (χ1n) is 6.54. The highest BCUT2D eigenvalue weighted by atomic mass is 35.5. The Balaban J connectivity index is 2.14. The number of rotatable bonds is 3. The van der Waals surface area contributed by atoms with Gasteiger partial charge >= 0.3 is 11.8 Å². The van der Waals surface area contributed by atoms with Crippen LogP contribution in [0, 0.1) is 0 Å². The lowest BCUT2D eigenvalue weighted by Gasteiger charge is -2.36. The van der Waals surface area contributed by atoms with E-state index in [9.17, 15) is 9.59 Å². The van der Waals surface area contributed by atoms with Crippen molar-refractivity contribution >= 4 is 29.1 Å². The van der Waals surface area contributed by atoms with E-state index in [-0.39, 0.29) is 6.04 Å². The van der Waals surface area contributed by atoms with Gasteiger partial charge in [-0.15, -0.1) is 0 Å². The third-order valence-electron chi connectivity index (χ3n) is 3.43. The summed E-state index contributed by atoms with van der Waals surface area (Å²) in [4.78, 5) is 27.2. The monoisotopic (exact) mass is 295 g/mol. The molecule has 1 fully saturated rings. The van der Waals surface area contributed by atoms with E-state index in [1.54, 1.807) is 23.1 Å². The van der Waals surface area contributed by atoms with Crippen molar-refractivity contribution in [3.8, 4) is 0 Å². The summed E-state index contributed by atoms with van der Waals surface area (Å²) in [5.41, 5.74) is 7.20. The zero-order chi connectivity index (χ0) is 14.9. The lowest BCUT2D eigenvalue weighted by molar-refractivity contribution is -0.157. The Morgan fingerprint density at radius 3 is 2.60 bits per heavy atom. The lowest BCUT2D eigenvalue weighted by Crippen LogP contribution is -2.55. The molecule has 0 aromatic heterocycles. The Kier molecular flexibility index (Phi) is 4.18. The number of amides is 2. The number of nitrogens with two attached hydrogens (primary N) is 1. The highest BCUT2D eigenvalue weighted by Crippen LogP contribution is 2.21. The molecule has 0 spiro atoms. The molecule has 0 radical (unpaired) electrons. The molecule has 1 heterocycles. The van der Waals surface area contributed by atoms with Crippen LogP contribution in [0.2, 0.25) is 5.02 Å². The van der Waals surface area contributed by atoms with Crippen molar-refractivity contribution in [3.63, 3.8) is 0 Å². The minimum atomic E-state index is -0.482. The summed E-state index contributed by atoms with van der Waals surface area (Å²) in [5, 5.41) is 0.564. The summed E-state index contributed by atoms with van der Waals surface area (Å²) in [7, 11) is 0. The largest absolute Gasteiger partial charge is 0.398 e. The van der Waals surface area contributed by atoms with Gasteiger partial charge in [0.05, 0.1) is 0 Å². The molecule has 0 unspecified atom stereocenters. The number of nitrogen functional groups attached to an aromatic ring is 1. The molecule has 5 nitrogen and oxygen atoms in total. The van der Waals surface area contributed by atoms with Crippen LogP contribution >= 0.6 is 11.6 Å². The second-order valence-electron chi connectivity index (χ2n) is 5.16. The average Bonchev–Trinajstić information content (AvgIpc) is 2.39. The molecule has 1 aromatic carbocycles. The molecule has 2 amide bonds. The van der Waals surface area contributed by atoms with Crippen LogP contribution in [0.4, 0.5) is 5.69 Å². The summed E-state index contributed by atoms with van der Waals surface area (Å²) < 4.78 is 0. The summed E-state index contributed by atoms with van der Waals surface area (Å²) in [6, 6.07) is 5.16. The summed E-state index contributed by atoms with van der Waals surface area (Å²) >= 11 is 5.93. The van der Waals surface area contributed by atoms with Crippen LogP contribution in [0.1, 0.15) is 19.4 Å². The Hall–Kier alpha value is -1.75. The van der Waals surface area contributed by atoms with Gasteiger partial charge in [0.1, 0.15) is 0 Å². The molecule has 2 N–H and O–H groups in total. The molecule has 6 heteroatoms. The van der Waals surface area contributed by atoms with Gasteiger partial charge in [-0.05, 0) is 37.6 Å². The first-order valence-corrected chi connectivity index (χ1v) is 6.91. The molecule has 1 aliphatic heterocycles. The summed E-state index contributed by atoms with van der Waals surface area (Å²) in [6.07, 6.45) is 0.